The van der Waals surface area contributed by atoms with Crippen molar-refractivity contribution in [1.29, 1.82) is 0 Å². The fraction of sp³-hybridized carbons (Fsp3) is 0.647. The molecule has 0 radical (unpaired) electrons. The highest BCUT2D eigenvalue weighted by Crippen LogP contribution is 2.40. The molecule has 0 heterocycles. The van der Waals surface area contributed by atoms with Crippen molar-refractivity contribution in [2.24, 2.45) is 0 Å². The van der Waals surface area contributed by atoms with Gasteiger partial charge in [0.2, 0.25) is 0 Å². The zero-order valence-electron chi connectivity index (χ0n) is 13.1. The van der Waals surface area contributed by atoms with E-state index >= 15 is 0 Å². The van der Waals surface area contributed by atoms with Gasteiger partial charge in [-0.3, -0.25) is 0 Å². The van der Waals surface area contributed by atoms with Gasteiger partial charge in [-0.15, -0.1) is 0 Å². The first-order chi connectivity index (χ1) is 9.74. The summed E-state index contributed by atoms with van der Waals surface area (Å²) in [6, 6.07) is 5.17. The molecule has 4 heteroatoms. The van der Waals surface area contributed by atoms with Crippen LogP contribution in [-0.2, 0) is 18.4 Å². The standard InChI is InChI=1S/C17H25F3O/c1-4-6-8-13-10-11-14(9-7-5-2)15(12-13)16(3,21)17(18,19)20/h10-12,21H,4-9H2,1-3H3. The van der Waals surface area contributed by atoms with Crippen molar-refractivity contribution in [3.05, 3.63) is 34.9 Å². The van der Waals surface area contributed by atoms with Crippen molar-refractivity contribution in [3.63, 3.8) is 0 Å². The minimum absolute atomic E-state index is 0.0112. The summed E-state index contributed by atoms with van der Waals surface area (Å²) in [5.41, 5.74) is -1.33. The lowest BCUT2D eigenvalue weighted by Crippen LogP contribution is -2.40. The van der Waals surface area contributed by atoms with Crippen LogP contribution in [0.2, 0.25) is 0 Å². The third-order valence-corrected chi connectivity index (χ3v) is 3.87. The van der Waals surface area contributed by atoms with Gasteiger partial charge < -0.3 is 5.11 Å². The Morgan fingerprint density at radius 3 is 2.10 bits per heavy atom. The molecule has 1 aromatic carbocycles. The highest BCUT2D eigenvalue weighted by Gasteiger charge is 2.51. The number of unbranched alkanes of at least 4 members (excludes halogenated alkanes) is 2. The lowest BCUT2D eigenvalue weighted by Gasteiger charge is -2.29. The van der Waals surface area contributed by atoms with E-state index in [4.69, 9.17) is 0 Å². The molecule has 0 fully saturated rings. The smallest absolute Gasteiger partial charge is 0.376 e. The molecule has 0 saturated heterocycles. The fourth-order valence-electron chi connectivity index (χ4n) is 2.35. The number of benzene rings is 1. The van der Waals surface area contributed by atoms with E-state index in [1.807, 2.05) is 19.9 Å². The Morgan fingerprint density at radius 1 is 1.00 bits per heavy atom. The van der Waals surface area contributed by atoms with Gasteiger partial charge in [0.05, 0.1) is 0 Å². The molecule has 1 nitrogen and oxygen atoms in total. The third-order valence-electron chi connectivity index (χ3n) is 3.87. The van der Waals surface area contributed by atoms with Gasteiger partial charge in [0, 0.05) is 0 Å². The van der Waals surface area contributed by atoms with Crippen molar-refractivity contribution in [2.75, 3.05) is 0 Å². The van der Waals surface area contributed by atoms with Crippen LogP contribution in [0, 0.1) is 0 Å². The largest absolute Gasteiger partial charge is 0.421 e. The Bertz CT molecular complexity index is 450. The van der Waals surface area contributed by atoms with Crippen LogP contribution in [0.25, 0.3) is 0 Å². The highest BCUT2D eigenvalue weighted by molar-refractivity contribution is 5.37. The molecule has 1 rings (SSSR count). The topological polar surface area (TPSA) is 20.2 Å². The van der Waals surface area contributed by atoms with Crippen LogP contribution in [-0.4, -0.2) is 11.3 Å². The summed E-state index contributed by atoms with van der Waals surface area (Å²) in [5, 5.41) is 10.0. The van der Waals surface area contributed by atoms with Gasteiger partial charge in [-0.1, -0.05) is 44.9 Å². The second-order valence-corrected chi connectivity index (χ2v) is 5.77. The molecule has 0 aliphatic carbocycles. The first kappa shape index (κ1) is 18.0. The Hall–Kier alpha value is -1.03. The monoisotopic (exact) mass is 302 g/mol. The van der Waals surface area contributed by atoms with Gasteiger partial charge in [-0.05, 0) is 49.3 Å². The number of alkyl halides is 3. The van der Waals surface area contributed by atoms with E-state index in [1.54, 1.807) is 6.07 Å². The first-order valence-corrected chi connectivity index (χ1v) is 7.65. The molecule has 1 unspecified atom stereocenters. The molecule has 0 amide bonds. The minimum atomic E-state index is -4.67. The molecule has 0 saturated carbocycles. The maximum absolute atomic E-state index is 13.2. The van der Waals surface area contributed by atoms with E-state index in [1.165, 1.54) is 6.07 Å². The van der Waals surface area contributed by atoms with Crippen LogP contribution >= 0.6 is 0 Å². The molecular formula is C17H25F3O. The zero-order valence-corrected chi connectivity index (χ0v) is 13.1. The number of aliphatic hydroxyl groups is 1. The summed E-state index contributed by atoms with van der Waals surface area (Å²) in [4.78, 5) is 0. The predicted molar refractivity (Wildman–Crippen MR) is 79.3 cm³/mol. The number of halogens is 3. The lowest BCUT2D eigenvalue weighted by atomic mass is 9.86. The highest BCUT2D eigenvalue weighted by atomic mass is 19.4. The summed E-state index contributed by atoms with van der Waals surface area (Å²) in [6.07, 6.45) is 0.278. The molecule has 1 N–H and O–H groups in total. The maximum atomic E-state index is 13.2. The first-order valence-electron chi connectivity index (χ1n) is 7.65. The Kier molecular flexibility index (Phi) is 6.26. The van der Waals surface area contributed by atoms with E-state index in [2.05, 4.69) is 0 Å². The van der Waals surface area contributed by atoms with E-state index in [0.717, 1.165) is 44.6 Å². The second-order valence-electron chi connectivity index (χ2n) is 5.77. The normalized spacial score (nSPS) is 15.0. The Labute approximate surface area is 125 Å². The van der Waals surface area contributed by atoms with Gasteiger partial charge in [-0.2, -0.15) is 13.2 Å². The molecule has 0 aliphatic rings. The average Bonchev–Trinajstić information content (AvgIpc) is 2.42. The predicted octanol–water partition coefficient (Wildman–Crippen LogP) is 5.14. The molecule has 21 heavy (non-hydrogen) atoms. The van der Waals surface area contributed by atoms with Crippen molar-refractivity contribution in [1.82, 2.24) is 0 Å². The van der Waals surface area contributed by atoms with Crippen LogP contribution in [0.3, 0.4) is 0 Å². The average molecular weight is 302 g/mol. The molecule has 0 spiro atoms. The van der Waals surface area contributed by atoms with Gasteiger partial charge in [0.1, 0.15) is 0 Å². The molecule has 120 valence electrons. The van der Waals surface area contributed by atoms with Crippen molar-refractivity contribution < 1.29 is 18.3 Å². The summed E-state index contributed by atoms with van der Waals surface area (Å²) in [7, 11) is 0. The molecule has 1 atom stereocenters. The number of hydrogen-bond donors (Lipinski definition) is 1. The van der Waals surface area contributed by atoms with Crippen molar-refractivity contribution >= 4 is 0 Å². The Morgan fingerprint density at radius 2 is 1.57 bits per heavy atom. The van der Waals surface area contributed by atoms with Crippen LogP contribution in [0.4, 0.5) is 13.2 Å². The summed E-state index contributed by atoms with van der Waals surface area (Å²) in [6.45, 7) is 4.89. The molecule has 0 aliphatic heterocycles. The van der Waals surface area contributed by atoms with Gasteiger partial charge in [-0.25, -0.2) is 0 Å². The van der Waals surface area contributed by atoms with E-state index in [9.17, 15) is 18.3 Å². The fourth-order valence-corrected chi connectivity index (χ4v) is 2.35. The van der Waals surface area contributed by atoms with Crippen LogP contribution in [0.5, 0.6) is 0 Å². The third kappa shape index (κ3) is 4.47. The van der Waals surface area contributed by atoms with Crippen LogP contribution in [0.1, 0.15) is 63.1 Å². The summed E-state index contributed by atoms with van der Waals surface area (Å²) >= 11 is 0. The number of aryl methyl sites for hydroxylation is 2. The van der Waals surface area contributed by atoms with Crippen molar-refractivity contribution in [3.8, 4) is 0 Å². The second kappa shape index (κ2) is 7.30. The number of hydrogen-bond acceptors (Lipinski definition) is 1. The summed E-state index contributed by atoms with van der Waals surface area (Å²) in [5.74, 6) is 0. The van der Waals surface area contributed by atoms with E-state index < -0.39 is 11.8 Å². The minimum Gasteiger partial charge on any atom is -0.376 e. The maximum Gasteiger partial charge on any atom is 0.421 e. The van der Waals surface area contributed by atoms with Crippen molar-refractivity contribution in [2.45, 2.75) is 71.1 Å². The zero-order chi connectivity index (χ0) is 16.1. The number of rotatable bonds is 7. The molecule has 0 bridgehead atoms. The quantitative estimate of drug-likeness (QED) is 0.739. The van der Waals surface area contributed by atoms with E-state index in [0.29, 0.717) is 12.0 Å². The van der Waals surface area contributed by atoms with Crippen LogP contribution < -0.4 is 0 Å². The lowest BCUT2D eigenvalue weighted by molar-refractivity contribution is -0.259. The van der Waals surface area contributed by atoms with E-state index in [-0.39, 0.29) is 5.56 Å². The van der Waals surface area contributed by atoms with Crippen LogP contribution in [0.15, 0.2) is 18.2 Å². The van der Waals surface area contributed by atoms with Gasteiger partial charge in [0.25, 0.3) is 0 Å². The molecule has 0 aromatic heterocycles. The van der Waals surface area contributed by atoms with Gasteiger partial charge >= 0.3 is 6.18 Å². The SMILES string of the molecule is CCCCc1ccc(CCCC)c(C(C)(O)C(F)(F)F)c1. The molecule has 1 aromatic rings. The molecular weight excluding hydrogens is 277 g/mol. The Balaban J connectivity index is 3.21. The van der Waals surface area contributed by atoms with Gasteiger partial charge in [0.15, 0.2) is 5.60 Å². The summed E-state index contributed by atoms with van der Waals surface area (Å²) < 4.78 is 39.5.